The van der Waals surface area contributed by atoms with Crippen molar-refractivity contribution in [2.24, 2.45) is 11.8 Å². The summed E-state index contributed by atoms with van der Waals surface area (Å²) in [6, 6.07) is 33.9. The van der Waals surface area contributed by atoms with Gasteiger partial charge in [0.2, 0.25) is 0 Å². The maximum atomic E-state index is 7.10. The average Bonchev–Trinajstić information content (AvgIpc) is 3.63. The molecular weight excluding hydrogens is 630 g/mol. The summed E-state index contributed by atoms with van der Waals surface area (Å²) in [5.74, 6) is 4.06. The van der Waals surface area contributed by atoms with Crippen LogP contribution in [0.2, 0.25) is 0 Å². The van der Waals surface area contributed by atoms with Crippen LogP contribution in [0.5, 0.6) is 23.0 Å². The Morgan fingerprint density at radius 1 is 0.500 bits per heavy atom. The number of hydrogen-bond acceptors (Lipinski definition) is 4. The predicted octanol–water partition coefficient (Wildman–Crippen LogP) is 11.2. The molecule has 6 atom stereocenters. The summed E-state index contributed by atoms with van der Waals surface area (Å²) in [5.41, 5.74) is 2.38. The van der Waals surface area contributed by atoms with E-state index in [2.05, 4.69) is 166 Å². The lowest BCUT2D eigenvalue weighted by molar-refractivity contribution is 0.153. The van der Waals surface area contributed by atoms with E-state index in [0.717, 1.165) is 23.0 Å². The van der Waals surface area contributed by atoms with Gasteiger partial charge in [-0.2, -0.15) is 0 Å². The number of fused-ring (bicyclic) bond motifs is 2. The van der Waals surface area contributed by atoms with Crippen LogP contribution < -0.4 is 29.6 Å². The lowest BCUT2D eigenvalue weighted by Gasteiger charge is -2.40. The lowest BCUT2D eigenvalue weighted by atomic mass is 9.99. The summed E-state index contributed by atoms with van der Waals surface area (Å²) < 4.78 is 28.2. The molecule has 0 aromatic heterocycles. The quantitative estimate of drug-likeness (QED) is 0.165. The topological polar surface area (TPSA) is 36.9 Å². The Morgan fingerprint density at radius 2 is 0.854 bits per heavy atom. The van der Waals surface area contributed by atoms with E-state index in [-0.39, 0.29) is 34.2 Å². The minimum absolute atomic E-state index is 0.0583. The first-order valence-electron chi connectivity index (χ1n) is 17.4. The van der Waals surface area contributed by atoms with Gasteiger partial charge >= 0.3 is 0 Å². The van der Waals surface area contributed by atoms with Crippen molar-refractivity contribution < 1.29 is 18.9 Å². The predicted molar refractivity (Wildman–Crippen MR) is 204 cm³/mol. The van der Waals surface area contributed by atoms with Gasteiger partial charge in [-0.3, -0.25) is 0 Å². The van der Waals surface area contributed by atoms with E-state index in [1.165, 1.54) is 21.7 Å². The highest BCUT2D eigenvalue weighted by molar-refractivity contribution is 7.72. The molecule has 2 heterocycles. The van der Waals surface area contributed by atoms with Gasteiger partial charge in [-0.15, -0.1) is 0 Å². The molecule has 0 unspecified atom stereocenters. The molecule has 0 radical (unpaired) electrons. The van der Waals surface area contributed by atoms with Gasteiger partial charge in [0, 0.05) is 0 Å². The van der Waals surface area contributed by atoms with Crippen molar-refractivity contribution in [3.8, 4) is 23.0 Å². The third-order valence-electron chi connectivity index (χ3n) is 9.07. The zero-order valence-corrected chi connectivity index (χ0v) is 32.0. The Balaban J connectivity index is 1.40. The Hall–Kier alpha value is -3.06. The smallest absolute Gasteiger partial charge is 0.162 e. The Kier molecular flexibility index (Phi) is 9.92. The van der Waals surface area contributed by atoms with Crippen LogP contribution in [0.1, 0.15) is 92.6 Å². The van der Waals surface area contributed by atoms with Gasteiger partial charge in [0.15, 0.2) is 11.7 Å². The molecule has 0 fully saturated rings. The zero-order chi connectivity index (χ0) is 34.4. The molecule has 254 valence electrons. The third kappa shape index (κ3) is 6.86. The second-order valence-electron chi connectivity index (χ2n) is 15.7. The van der Waals surface area contributed by atoms with Crippen LogP contribution in [0.4, 0.5) is 0 Å². The molecule has 4 nitrogen and oxygen atoms in total. The SMILES string of the molecule is CC(C)[C@@H](Oc1cccc2c1[P@@](C(C)(C)C)[C@H]([C@@H]1Oc3cccc(O[C@@H](c4ccccc4)C(C)C)c3[P@]1C(C)(C)C)O2)c1ccccc1. The van der Waals surface area contributed by atoms with Gasteiger partial charge in [-0.05, 0) is 73.4 Å². The van der Waals surface area contributed by atoms with Crippen LogP contribution in [0.15, 0.2) is 97.1 Å². The Morgan fingerprint density at radius 3 is 1.17 bits per heavy atom. The van der Waals surface area contributed by atoms with Gasteiger partial charge in [0.1, 0.15) is 35.2 Å². The molecule has 0 saturated carbocycles. The second kappa shape index (κ2) is 13.7. The maximum Gasteiger partial charge on any atom is 0.162 e. The van der Waals surface area contributed by atoms with Gasteiger partial charge in [0.25, 0.3) is 0 Å². The van der Waals surface area contributed by atoms with Crippen LogP contribution in [0, 0.1) is 11.8 Å². The molecule has 48 heavy (non-hydrogen) atoms. The van der Waals surface area contributed by atoms with Crippen molar-refractivity contribution in [2.45, 2.75) is 103 Å². The van der Waals surface area contributed by atoms with Gasteiger partial charge in [-0.1, -0.05) is 142 Å². The molecule has 0 N–H and O–H groups in total. The van der Waals surface area contributed by atoms with Gasteiger partial charge in [-0.25, -0.2) is 0 Å². The summed E-state index contributed by atoms with van der Waals surface area (Å²) in [4.78, 5) is 0. The molecule has 0 saturated heterocycles. The van der Waals surface area contributed by atoms with E-state index >= 15 is 0 Å². The molecular formula is C42H52O4P2. The normalized spacial score (nSPS) is 21.7. The molecule has 6 heteroatoms. The van der Waals surface area contributed by atoms with Crippen molar-refractivity contribution in [2.75, 3.05) is 0 Å². The Bertz CT molecular complexity index is 1560. The number of ether oxygens (including phenoxy) is 4. The van der Waals surface area contributed by atoms with Crippen LogP contribution in [0.3, 0.4) is 0 Å². The first-order chi connectivity index (χ1) is 22.8. The first-order valence-corrected chi connectivity index (χ1v) is 20.2. The van der Waals surface area contributed by atoms with Crippen LogP contribution >= 0.6 is 15.8 Å². The molecule has 6 rings (SSSR count). The van der Waals surface area contributed by atoms with E-state index in [0.29, 0.717) is 11.8 Å². The molecule has 2 aliphatic rings. The number of benzene rings is 4. The zero-order valence-electron chi connectivity index (χ0n) is 30.2. The maximum absolute atomic E-state index is 7.10. The van der Waals surface area contributed by atoms with E-state index < -0.39 is 15.8 Å². The average molecular weight is 683 g/mol. The van der Waals surface area contributed by atoms with E-state index in [1.54, 1.807) is 0 Å². The standard InChI is InChI=1S/C42H52O4P2/c1-27(2)35(29-19-13-11-14-20-29)43-31-23-17-25-33-37(31)47(41(5,6)7)39(45-33)40-46-34-26-18-24-32(38(34)48(40)42(8,9)10)44-36(28(3)4)30-21-15-12-16-22-30/h11-28,35-36,39-40H,1-10H3/t35-,36-,39-,40-,47-,48+/m1/s1. The van der Waals surface area contributed by atoms with Crippen LogP contribution in [-0.4, -0.2) is 22.0 Å². The summed E-state index contributed by atoms with van der Waals surface area (Å²) in [6.45, 7) is 23.0. The monoisotopic (exact) mass is 682 g/mol. The Labute approximate surface area is 291 Å². The van der Waals surface area contributed by atoms with Gasteiger partial charge < -0.3 is 18.9 Å². The van der Waals surface area contributed by atoms with E-state index in [4.69, 9.17) is 18.9 Å². The molecule has 0 aliphatic carbocycles. The van der Waals surface area contributed by atoms with Crippen molar-refractivity contribution in [3.63, 3.8) is 0 Å². The summed E-state index contributed by atoms with van der Waals surface area (Å²) in [6.07, 6.45) is -0.129. The fourth-order valence-electron chi connectivity index (χ4n) is 7.02. The van der Waals surface area contributed by atoms with Crippen LogP contribution in [0.25, 0.3) is 0 Å². The van der Waals surface area contributed by atoms with Crippen LogP contribution in [-0.2, 0) is 0 Å². The van der Waals surface area contributed by atoms with Crippen molar-refractivity contribution >= 4 is 26.5 Å². The fourth-order valence-corrected chi connectivity index (χ4v) is 13.7. The van der Waals surface area contributed by atoms with Gasteiger partial charge in [0.05, 0.1) is 10.6 Å². The van der Waals surface area contributed by atoms with Crippen molar-refractivity contribution in [3.05, 3.63) is 108 Å². The van der Waals surface area contributed by atoms with Crippen molar-refractivity contribution in [1.29, 1.82) is 0 Å². The summed E-state index contributed by atoms with van der Waals surface area (Å²) in [5, 5.41) is 2.32. The molecule has 2 aliphatic heterocycles. The largest absolute Gasteiger partial charge is 0.485 e. The first kappa shape index (κ1) is 34.8. The minimum atomic E-state index is -0.862. The lowest BCUT2D eigenvalue weighted by Crippen LogP contribution is -2.38. The highest BCUT2D eigenvalue weighted by Gasteiger charge is 2.55. The molecule has 0 amide bonds. The van der Waals surface area contributed by atoms with E-state index in [1.807, 2.05) is 0 Å². The molecule has 4 aromatic carbocycles. The minimum Gasteiger partial charge on any atom is -0.485 e. The highest BCUT2D eigenvalue weighted by Crippen LogP contribution is 2.69. The van der Waals surface area contributed by atoms with Crippen molar-refractivity contribution in [1.82, 2.24) is 0 Å². The van der Waals surface area contributed by atoms with E-state index in [9.17, 15) is 0 Å². The molecule has 0 spiro atoms. The third-order valence-corrected chi connectivity index (χ3v) is 15.8. The summed E-state index contributed by atoms with van der Waals surface area (Å²) >= 11 is 0. The highest BCUT2D eigenvalue weighted by atomic mass is 31.1. The summed E-state index contributed by atoms with van der Waals surface area (Å²) in [7, 11) is -1.72. The number of rotatable bonds is 9. The second-order valence-corrected chi connectivity index (χ2v) is 21.8. The molecule has 4 aromatic rings. The fraction of sp³-hybridized carbons (Fsp3) is 0.429. The number of hydrogen-bond donors (Lipinski definition) is 0. The molecule has 0 bridgehead atoms.